The third-order valence-corrected chi connectivity index (χ3v) is 2.52. The van der Waals surface area contributed by atoms with Gasteiger partial charge in [-0.2, -0.15) is 0 Å². The molecular weight excluding hydrogens is 174 g/mol. The Morgan fingerprint density at radius 3 is 2.50 bits per heavy atom. The van der Waals surface area contributed by atoms with E-state index in [-0.39, 0.29) is 6.61 Å². The summed E-state index contributed by atoms with van der Waals surface area (Å²) in [5, 5.41) is 8.98. The molecule has 0 heterocycles. The minimum absolute atomic E-state index is 0.288. The van der Waals surface area contributed by atoms with Gasteiger partial charge in [0.05, 0.1) is 0 Å². The van der Waals surface area contributed by atoms with Crippen molar-refractivity contribution in [3.05, 3.63) is 12.7 Å². The average Bonchev–Trinajstić information content (AvgIpc) is 2.13. The number of aliphatic hydroxyl groups excluding tert-OH is 1. The lowest BCUT2D eigenvalue weighted by Crippen LogP contribution is -2.34. The van der Waals surface area contributed by atoms with E-state index in [4.69, 9.17) is 5.11 Å². The standard InChI is InChI=1S/C12H25NO/c1-5-6-8-13(4)12(7-9-14)10-11(2)3/h5,11-12,14H,1,6-10H2,2-4H3. The van der Waals surface area contributed by atoms with E-state index in [2.05, 4.69) is 32.4 Å². The zero-order chi connectivity index (χ0) is 11.0. The van der Waals surface area contributed by atoms with E-state index in [1.807, 2.05) is 6.08 Å². The molecule has 0 amide bonds. The Balaban J connectivity index is 3.95. The van der Waals surface area contributed by atoms with Gasteiger partial charge >= 0.3 is 0 Å². The van der Waals surface area contributed by atoms with Crippen molar-refractivity contribution in [3.8, 4) is 0 Å². The highest BCUT2D eigenvalue weighted by atomic mass is 16.3. The lowest BCUT2D eigenvalue weighted by molar-refractivity contribution is 0.167. The van der Waals surface area contributed by atoms with Crippen LogP contribution < -0.4 is 0 Å². The summed E-state index contributed by atoms with van der Waals surface area (Å²) >= 11 is 0. The fourth-order valence-corrected chi connectivity index (χ4v) is 1.69. The first-order valence-electron chi connectivity index (χ1n) is 5.53. The van der Waals surface area contributed by atoms with Gasteiger partial charge in [0.1, 0.15) is 0 Å². The lowest BCUT2D eigenvalue weighted by Gasteiger charge is -2.28. The minimum Gasteiger partial charge on any atom is -0.396 e. The molecule has 0 aromatic rings. The van der Waals surface area contributed by atoms with E-state index < -0.39 is 0 Å². The molecule has 84 valence electrons. The predicted molar refractivity (Wildman–Crippen MR) is 62.4 cm³/mol. The molecule has 0 radical (unpaired) electrons. The Morgan fingerprint density at radius 1 is 1.43 bits per heavy atom. The van der Waals surface area contributed by atoms with Gasteiger partial charge in [-0.15, -0.1) is 6.58 Å². The van der Waals surface area contributed by atoms with Gasteiger partial charge in [0.2, 0.25) is 0 Å². The zero-order valence-corrected chi connectivity index (χ0v) is 9.87. The van der Waals surface area contributed by atoms with E-state index in [0.717, 1.165) is 25.8 Å². The monoisotopic (exact) mass is 199 g/mol. The van der Waals surface area contributed by atoms with Crippen molar-refractivity contribution in [2.45, 2.75) is 39.2 Å². The summed E-state index contributed by atoms with van der Waals surface area (Å²) in [6.45, 7) is 9.51. The van der Waals surface area contributed by atoms with Crippen LogP contribution in [-0.4, -0.2) is 36.2 Å². The smallest absolute Gasteiger partial charge is 0.0445 e. The van der Waals surface area contributed by atoms with Gasteiger partial charge in [0.15, 0.2) is 0 Å². The molecule has 0 aliphatic heterocycles. The van der Waals surface area contributed by atoms with Crippen LogP contribution in [0.5, 0.6) is 0 Å². The highest BCUT2D eigenvalue weighted by molar-refractivity contribution is 4.74. The normalized spacial score (nSPS) is 13.6. The lowest BCUT2D eigenvalue weighted by atomic mass is 10.00. The van der Waals surface area contributed by atoms with E-state index in [9.17, 15) is 0 Å². The number of hydrogen-bond donors (Lipinski definition) is 1. The summed E-state index contributed by atoms with van der Waals surface area (Å²) in [6, 6.07) is 0.514. The molecule has 1 N–H and O–H groups in total. The molecule has 2 heteroatoms. The number of rotatable bonds is 8. The Labute approximate surface area is 88.6 Å². The first-order chi connectivity index (χ1) is 6.61. The number of aliphatic hydroxyl groups is 1. The molecule has 2 nitrogen and oxygen atoms in total. The Bertz CT molecular complexity index is 145. The van der Waals surface area contributed by atoms with Crippen molar-refractivity contribution in [2.24, 2.45) is 5.92 Å². The molecule has 0 rings (SSSR count). The highest BCUT2D eigenvalue weighted by Gasteiger charge is 2.14. The minimum atomic E-state index is 0.288. The van der Waals surface area contributed by atoms with E-state index in [1.54, 1.807) is 0 Å². The maximum Gasteiger partial charge on any atom is 0.0445 e. The average molecular weight is 199 g/mol. The second-order valence-electron chi connectivity index (χ2n) is 4.35. The van der Waals surface area contributed by atoms with Gasteiger partial charge in [0.25, 0.3) is 0 Å². The van der Waals surface area contributed by atoms with Gasteiger partial charge in [-0.05, 0) is 32.2 Å². The zero-order valence-electron chi connectivity index (χ0n) is 9.87. The van der Waals surface area contributed by atoms with Crippen LogP contribution in [0, 0.1) is 5.92 Å². The molecule has 0 aliphatic rings. The topological polar surface area (TPSA) is 23.5 Å². The van der Waals surface area contributed by atoms with Crippen LogP contribution in [0.4, 0.5) is 0 Å². The van der Waals surface area contributed by atoms with Crippen LogP contribution in [0.1, 0.15) is 33.1 Å². The summed E-state index contributed by atoms with van der Waals surface area (Å²) in [4.78, 5) is 2.33. The van der Waals surface area contributed by atoms with Gasteiger partial charge in [-0.1, -0.05) is 19.9 Å². The predicted octanol–water partition coefficient (Wildman–Crippen LogP) is 2.29. The van der Waals surface area contributed by atoms with E-state index in [0.29, 0.717) is 12.0 Å². The molecule has 0 saturated heterocycles. The molecular formula is C12H25NO. The molecule has 0 aromatic carbocycles. The third kappa shape index (κ3) is 6.17. The number of nitrogens with zero attached hydrogens (tertiary/aromatic N) is 1. The Morgan fingerprint density at radius 2 is 2.07 bits per heavy atom. The SMILES string of the molecule is C=CCCN(C)C(CCO)CC(C)C. The molecule has 0 aliphatic carbocycles. The maximum absolute atomic E-state index is 8.98. The molecule has 0 saturated carbocycles. The molecule has 0 bridgehead atoms. The molecule has 0 spiro atoms. The highest BCUT2D eigenvalue weighted by Crippen LogP contribution is 2.13. The third-order valence-electron chi connectivity index (χ3n) is 2.52. The first kappa shape index (κ1) is 13.7. The van der Waals surface area contributed by atoms with Crippen LogP contribution in [0.3, 0.4) is 0 Å². The van der Waals surface area contributed by atoms with Gasteiger partial charge in [-0.25, -0.2) is 0 Å². The summed E-state index contributed by atoms with van der Waals surface area (Å²) in [5.74, 6) is 0.692. The Hall–Kier alpha value is -0.340. The Kier molecular flexibility index (Phi) is 7.81. The second-order valence-corrected chi connectivity index (χ2v) is 4.35. The van der Waals surface area contributed by atoms with Crippen LogP contribution in [0.2, 0.25) is 0 Å². The van der Waals surface area contributed by atoms with Gasteiger partial charge in [-0.3, -0.25) is 0 Å². The summed E-state index contributed by atoms with van der Waals surface area (Å²) in [7, 11) is 2.13. The van der Waals surface area contributed by atoms with Crippen molar-refractivity contribution in [2.75, 3.05) is 20.2 Å². The van der Waals surface area contributed by atoms with Crippen LogP contribution in [0.25, 0.3) is 0 Å². The van der Waals surface area contributed by atoms with Crippen LogP contribution in [-0.2, 0) is 0 Å². The molecule has 1 atom stereocenters. The summed E-state index contributed by atoms with van der Waals surface area (Å²) < 4.78 is 0. The summed E-state index contributed by atoms with van der Waals surface area (Å²) in [5.41, 5.74) is 0. The van der Waals surface area contributed by atoms with Crippen molar-refractivity contribution >= 4 is 0 Å². The van der Waals surface area contributed by atoms with Gasteiger partial charge < -0.3 is 10.0 Å². The van der Waals surface area contributed by atoms with E-state index in [1.165, 1.54) is 0 Å². The van der Waals surface area contributed by atoms with Crippen LogP contribution in [0.15, 0.2) is 12.7 Å². The molecule has 0 aromatic heterocycles. The van der Waals surface area contributed by atoms with Crippen molar-refractivity contribution < 1.29 is 5.11 Å². The van der Waals surface area contributed by atoms with Gasteiger partial charge in [0, 0.05) is 19.2 Å². The molecule has 1 unspecified atom stereocenters. The second kappa shape index (κ2) is 8.01. The fraction of sp³-hybridized carbons (Fsp3) is 0.833. The van der Waals surface area contributed by atoms with Crippen molar-refractivity contribution in [3.63, 3.8) is 0 Å². The molecule has 0 fully saturated rings. The molecule has 14 heavy (non-hydrogen) atoms. The maximum atomic E-state index is 8.98. The number of hydrogen-bond acceptors (Lipinski definition) is 2. The van der Waals surface area contributed by atoms with Crippen molar-refractivity contribution in [1.82, 2.24) is 4.90 Å². The van der Waals surface area contributed by atoms with E-state index >= 15 is 0 Å². The largest absolute Gasteiger partial charge is 0.396 e. The van der Waals surface area contributed by atoms with Crippen LogP contribution >= 0.6 is 0 Å². The summed E-state index contributed by atoms with van der Waals surface area (Å²) in [6.07, 6.45) is 5.01. The quantitative estimate of drug-likeness (QED) is 0.606. The first-order valence-corrected chi connectivity index (χ1v) is 5.53. The van der Waals surface area contributed by atoms with Crippen molar-refractivity contribution in [1.29, 1.82) is 0 Å². The fourth-order valence-electron chi connectivity index (χ4n) is 1.69.